The van der Waals surface area contributed by atoms with Crippen LogP contribution in [0, 0.1) is 12.7 Å². The standard InChI is InChI=1S/C41H35FN6O3S2/c1-24-46-47-36-22-43-39(31-10-2-3-11-34(31)42)33-21-30(53-40(33)48(24)36)16-13-26-12-15-28(32(19-26)41(50)51)20-37(49)44-29-9-4-6-25(18-29)14-17-38-45-35(23-52-38)27-7-5-8-27/h2-4,6,9-12,14-15,17-19,21,23,27H,5,7-8,13,16,20,22H2,1H3,(H,44,49)(H,50,51)/b17-14+. The molecule has 6 aromatic rings. The minimum atomic E-state index is -1.09. The van der Waals surface area contributed by atoms with E-state index < -0.39 is 5.97 Å². The molecule has 0 atom stereocenters. The van der Waals surface area contributed by atoms with Crippen LogP contribution in [-0.2, 0) is 30.6 Å². The van der Waals surface area contributed by atoms with E-state index in [-0.39, 0.29) is 30.3 Å². The van der Waals surface area contributed by atoms with Gasteiger partial charge in [0, 0.05) is 33.0 Å². The van der Waals surface area contributed by atoms with Crippen LogP contribution in [0.1, 0.15) is 90.6 Å². The highest BCUT2D eigenvalue weighted by atomic mass is 32.1. The fraction of sp³-hybridized carbons (Fsp3) is 0.220. The van der Waals surface area contributed by atoms with Gasteiger partial charge in [0.25, 0.3) is 0 Å². The number of nitrogens with one attached hydrogen (secondary N) is 1. The number of thiophene rings is 1. The second-order valence-corrected chi connectivity index (χ2v) is 15.3. The number of benzene rings is 3. The zero-order chi connectivity index (χ0) is 36.5. The maximum absolute atomic E-state index is 15.0. The number of thiazole rings is 1. The number of carboxylic acid groups (broad SMARTS) is 1. The van der Waals surface area contributed by atoms with Crippen molar-refractivity contribution in [1.29, 1.82) is 0 Å². The Bertz CT molecular complexity index is 2420. The van der Waals surface area contributed by atoms with Gasteiger partial charge in [-0.25, -0.2) is 14.2 Å². The van der Waals surface area contributed by atoms with E-state index in [2.05, 4.69) is 20.9 Å². The highest BCUT2D eigenvalue weighted by Gasteiger charge is 2.26. The lowest BCUT2D eigenvalue weighted by atomic mass is 9.83. The summed E-state index contributed by atoms with van der Waals surface area (Å²) in [6.07, 6.45) is 8.79. The van der Waals surface area contributed by atoms with Gasteiger partial charge >= 0.3 is 5.97 Å². The number of aryl methyl sites for hydroxylation is 3. The quantitative estimate of drug-likeness (QED) is 0.137. The zero-order valence-electron chi connectivity index (χ0n) is 28.9. The molecule has 53 heavy (non-hydrogen) atoms. The largest absolute Gasteiger partial charge is 0.478 e. The molecule has 1 saturated carbocycles. The average molecular weight is 743 g/mol. The van der Waals surface area contributed by atoms with E-state index in [0.29, 0.717) is 47.1 Å². The van der Waals surface area contributed by atoms with Crippen LogP contribution in [0.25, 0.3) is 17.2 Å². The molecule has 3 aromatic heterocycles. The molecule has 3 aromatic carbocycles. The van der Waals surface area contributed by atoms with Crippen molar-refractivity contribution in [3.05, 3.63) is 145 Å². The van der Waals surface area contributed by atoms with Gasteiger partial charge in [-0.2, -0.15) is 0 Å². The third kappa shape index (κ3) is 7.37. The molecule has 0 unspecified atom stereocenters. The molecule has 9 nitrogen and oxygen atoms in total. The Morgan fingerprint density at radius 2 is 1.87 bits per heavy atom. The first kappa shape index (κ1) is 34.5. The van der Waals surface area contributed by atoms with Gasteiger partial charge in [-0.05, 0) is 91.8 Å². The number of halogens is 1. The summed E-state index contributed by atoms with van der Waals surface area (Å²) in [6, 6.07) is 21.4. The van der Waals surface area contributed by atoms with Crippen LogP contribution >= 0.6 is 22.7 Å². The van der Waals surface area contributed by atoms with Gasteiger partial charge in [-0.15, -0.1) is 32.9 Å². The molecule has 2 N–H and O–H groups in total. The van der Waals surface area contributed by atoms with Crippen molar-refractivity contribution < 1.29 is 19.1 Å². The smallest absolute Gasteiger partial charge is 0.335 e. The summed E-state index contributed by atoms with van der Waals surface area (Å²) in [5, 5.41) is 25.6. The van der Waals surface area contributed by atoms with Crippen molar-refractivity contribution in [2.24, 2.45) is 4.99 Å². The lowest BCUT2D eigenvalue weighted by Gasteiger charge is -2.22. The number of nitrogens with zero attached hydrogens (tertiary/aromatic N) is 5. The Hall–Kier alpha value is -5.59. The molecule has 4 heterocycles. The Balaban J connectivity index is 0.950. The molecule has 2 aliphatic rings. The van der Waals surface area contributed by atoms with E-state index in [1.807, 2.05) is 60.0 Å². The molecule has 12 heteroatoms. The van der Waals surface area contributed by atoms with Crippen molar-refractivity contribution in [2.75, 3.05) is 5.32 Å². The molecule has 1 amide bonds. The first-order valence-electron chi connectivity index (χ1n) is 17.5. The van der Waals surface area contributed by atoms with Gasteiger partial charge in [-0.1, -0.05) is 48.9 Å². The number of aromatic carboxylic acids is 1. The molecule has 1 fully saturated rings. The predicted molar refractivity (Wildman–Crippen MR) is 207 cm³/mol. The lowest BCUT2D eigenvalue weighted by molar-refractivity contribution is -0.115. The van der Waals surface area contributed by atoms with Crippen LogP contribution < -0.4 is 5.32 Å². The highest BCUT2D eigenvalue weighted by Crippen LogP contribution is 2.37. The van der Waals surface area contributed by atoms with Crippen molar-refractivity contribution in [2.45, 2.75) is 57.9 Å². The number of aliphatic imine (C=N–C) groups is 1. The maximum atomic E-state index is 15.0. The summed E-state index contributed by atoms with van der Waals surface area (Å²) in [6.45, 7) is 2.16. The molecular formula is C41H35FN6O3S2. The summed E-state index contributed by atoms with van der Waals surface area (Å²) in [5.41, 5.74) is 5.90. The molecule has 266 valence electrons. The number of fused-ring (bicyclic) bond motifs is 3. The summed E-state index contributed by atoms with van der Waals surface area (Å²) in [5.74, 6) is 0.262. The van der Waals surface area contributed by atoms with E-state index in [1.54, 1.807) is 53.0 Å². The van der Waals surface area contributed by atoms with Gasteiger partial charge in [0.15, 0.2) is 5.82 Å². The monoisotopic (exact) mass is 742 g/mol. The summed E-state index contributed by atoms with van der Waals surface area (Å²) in [7, 11) is 0. The number of hydrogen-bond acceptors (Lipinski definition) is 8. The van der Waals surface area contributed by atoms with Gasteiger partial charge in [-0.3, -0.25) is 14.4 Å². The lowest BCUT2D eigenvalue weighted by Crippen LogP contribution is -2.16. The molecule has 1 aliphatic heterocycles. The fourth-order valence-corrected chi connectivity index (χ4v) is 8.73. The van der Waals surface area contributed by atoms with Crippen LogP contribution in [-0.4, -0.2) is 42.4 Å². The van der Waals surface area contributed by atoms with Gasteiger partial charge in [0.05, 0.1) is 23.4 Å². The van der Waals surface area contributed by atoms with E-state index in [9.17, 15) is 19.1 Å². The zero-order valence-corrected chi connectivity index (χ0v) is 30.5. The Morgan fingerprint density at radius 1 is 1.00 bits per heavy atom. The Morgan fingerprint density at radius 3 is 2.68 bits per heavy atom. The maximum Gasteiger partial charge on any atom is 0.335 e. The van der Waals surface area contributed by atoms with Crippen LogP contribution in [0.3, 0.4) is 0 Å². The van der Waals surface area contributed by atoms with Crippen LogP contribution in [0.15, 0.2) is 83.2 Å². The second kappa shape index (κ2) is 14.8. The third-order valence-electron chi connectivity index (χ3n) is 9.69. The average Bonchev–Trinajstić information content (AvgIpc) is 3.83. The predicted octanol–water partition coefficient (Wildman–Crippen LogP) is 8.69. The van der Waals surface area contributed by atoms with E-state index in [4.69, 9.17) is 9.98 Å². The molecular weight excluding hydrogens is 708 g/mol. The van der Waals surface area contributed by atoms with Gasteiger partial charge < -0.3 is 10.4 Å². The highest BCUT2D eigenvalue weighted by molar-refractivity contribution is 7.15. The summed E-state index contributed by atoms with van der Waals surface area (Å²) in [4.78, 5) is 36.0. The number of rotatable bonds is 11. The van der Waals surface area contributed by atoms with E-state index >= 15 is 0 Å². The minimum absolute atomic E-state index is 0.0819. The number of aromatic nitrogens is 4. The SMILES string of the molecule is Cc1nnc2n1-c1sc(CCc3ccc(CC(=O)Nc4cccc(/C=C/c5nc(C6CCC6)cs5)c4)c(C(=O)O)c3)cc1C(c1ccccc1F)=NC2. The summed E-state index contributed by atoms with van der Waals surface area (Å²) >= 11 is 3.21. The number of anilines is 1. The first-order chi connectivity index (χ1) is 25.8. The van der Waals surface area contributed by atoms with Gasteiger partial charge in [0.2, 0.25) is 5.91 Å². The Kier molecular flexibility index (Phi) is 9.63. The number of carbonyl (C=O) groups excluding carboxylic acids is 1. The van der Waals surface area contributed by atoms with Crippen molar-refractivity contribution in [3.63, 3.8) is 0 Å². The molecule has 0 spiro atoms. The Labute approximate surface area is 313 Å². The molecule has 0 bridgehead atoms. The minimum Gasteiger partial charge on any atom is -0.478 e. The normalized spacial score (nSPS) is 14.0. The van der Waals surface area contributed by atoms with E-state index in [0.717, 1.165) is 37.4 Å². The number of amides is 1. The number of carboxylic acids is 1. The van der Waals surface area contributed by atoms with Gasteiger partial charge in [0.1, 0.15) is 28.2 Å². The fourth-order valence-electron chi connectivity index (χ4n) is 6.72. The van der Waals surface area contributed by atoms with Crippen LogP contribution in [0.4, 0.5) is 10.1 Å². The van der Waals surface area contributed by atoms with Crippen molar-refractivity contribution >= 4 is 58.1 Å². The second-order valence-electron chi connectivity index (χ2n) is 13.3. The van der Waals surface area contributed by atoms with Crippen LogP contribution in [0.2, 0.25) is 0 Å². The first-order valence-corrected chi connectivity index (χ1v) is 19.2. The van der Waals surface area contributed by atoms with Crippen molar-refractivity contribution in [1.82, 2.24) is 19.7 Å². The molecule has 0 saturated heterocycles. The van der Waals surface area contributed by atoms with Crippen LogP contribution in [0.5, 0.6) is 0 Å². The summed E-state index contributed by atoms with van der Waals surface area (Å²) < 4.78 is 16.9. The van der Waals surface area contributed by atoms with Crippen molar-refractivity contribution in [3.8, 4) is 5.00 Å². The topological polar surface area (TPSA) is 122 Å². The number of hydrogen-bond donors (Lipinski definition) is 2. The molecule has 0 radical (unpaired) electrons. The molecule has 1 aliphatic carbocycles. The third-order valence-corrected chi connectivity index (χ3v) is 11.7. The number of carbonyl (C=O) groups is 2. The molecule has 8 rings (SSSR count). The van der Waals surface area contributed by atoms with E-state index in [1.165, 1.54) is 31.0 Å².